The molecule has 1 aromatic heterocycles. The average Bonchev–Trinajstić information content (AvgIpc) is 2.65. The van der Waals surface area contributed by atoms with Gasteiger partial charge in [0.25, 0.3) is 0 Å². The Kier molecular flexibility index (Phi) is 6.15. The van der Waals surface area contributed by atoms with Crippen LogP contribution >= 0.6 is 23.8 Å². The Morgan fingerprint density at radius 3 is 2.35 bits per heavy atom. The molecule has 0 aliphatic rings. The maximum atomic E-state index is 13.2. The van der Waals surface area contributed by atoms with Crippen LogP contribution < -0.4 is 5.32 Å². The first kappa shape index (κ1) is 18.3. The monoisotopic (exact) mass is 385 g/mol. The van der Waals surface area contributed by atoms with Gasteiger partial charge in [-0.1, -0.05) is 29.8 Å². The van der Waals surface area contributed by atoms with E-state index in [-0.39, 0.29) is 5.82 Å². The molecule has 2 aromatic carbocycles. The van der Waals surface area contributed by atoms with Crippen molar-refractivity contribution in [1.29, 1.82) is 0 Å². The Morgan fingerprint density at radius 1 is 1.00 bits per heavy atom. The van der Waals surface area contributed by atoms with Crippen molar-refractivity contribution in [2.75, 3.05) is 5.32 Å². The number of anilines is 1. The van der Waals surface area contributed by atoms with Crippen molar-refractivity contribution in [2.45, 2.75) is 13.1 Å². The van der Waals surface area contributed by atoms with Crippen molar-refractivity contribution in [2.24, 2.45) is 0 Å². The molecule has 26 heavy (non-hydrogen) atoms. The molecule has 0 saturated carbocycles. The normalized spacial score (nSPS) is 10.4. The number of benzene rings is 2. The van der Waals surface area contributed by atoms with Crippen LogP contribution in [0.4, 0.5) is 10.1 Å². The van der Waals surface area contributed by atoms with Gasteiger partial charge in [0.15, 0.2) is 5.11 Å². The van der Waals surface area contributed by atoms with E-state index in [0.29, 0.717) is 23.2 Å². The van der Waals surface area contributed by atoms with Crippen LogP contribution in [-0.4, -0.2) is 15.0 Å². The molecule has 1 heterocycles. The lowest BCUT2D eigenvalue weighted by Gasteiger charge is -2.26. The molecule has 0 radical (unpaired) electrons. The standard InChI is InChI=1S/C20H17ClFN3S/c21-17-5-9-19(10-6-17)24-20(26)25(14-16-2-1-11-23-12-16)13-15-3-7-18(22)8-4-15/h1-12H,13-14H2,(H,24,26). The van der Waals surface area contributed by atoms with Gasteiger partial charge in [-0.15, -0.1) is 0 Å². The fourth-order valence-corrected chi connectivity index (χ4v) is 2.83. The fraction of sp³-hybridized carbons (Fsp3) is 0.100. The molecule has 3 rings (SSSR count). The van der Waals surface area contributed by atoms with Gasteiger partial charge in [-0.2, -0.15) is 0 Å². The van der Waals surface area contributed by atoms with E-state index in [1.165, 1.54) is 12.1 Å². The number of thiocarbonyl (C=S) groups is 1. The van der Waals surface area contributed by atoms with Crippen LogP contribution in [0, 0.1) is 5.82 Å². The van der Waals surface area contributed by atoms with Gasteiger partial charge < -0.3 is 10.2 Å². The maximum absolute atomic E-state index is 13.2. The highest BCUT2D eigenvalue weighted by atomic mass is 35.5. The van der Waals surface area contributed by atoms with Crippen molar-refractivity contribution in [3.05, 3.63) is 95.0 Å². The second kappa shape index (κ2) is 8.74. The minimum absolute atomic E-state index is 0.255. The molecule has 0 aliphatic heterocycles. The summed E-state index contributed by atoms with van der Waals surface area (Å²) in [6.45, 7) is 1.14. The lowest BCUT2D eigenvalue weighted by Crippen LogP contribution is -2.33. The summed E-state index contributed by atoms with van der Waals surface area (Å²) in [5.41, 5.74) is 2.86. The summed E-state index contributed by atoms with van der Waals surface area (Å²) >= 11 is 11.5. The summed E-state index contributed by atoms with van der Waals surface area (Å²) in [7, 11) is 0. The van der Waals surface area contributed by atoms with Gasteiger partial charge in [-0.3, -0.25) is 4.98 Å². The number of halogens is 2. The second-order valence-electron chi connectivity index (χ2n) is 5.78. The number of nitrogens with zero attached hydrogens (tertiary/aromatic N) is 2. The van der Waals surface area contributed by atoms with Crippen molar-refractivity contribution in [1.82, 2.24) is 9.88 Å². The number of pyridine rings is 1. The Bertz CT molecular complexity index is 854. The highest BCUT2D eigenvalue weighted by Crippen LogP contribution is 2.16. The van der Waals surface area contributed by atoms with Crippen molar-refractivity contribution >= 4 is 34.6 Å². The number of nitrogens with one attached hydrogen (secondary N) is 1. The minimum Gasteiger partial charge on any atom is -0.340 e. The van der Waals surface area contributed by atoms with Crippen molar-refractivity contribution in [3.8, 4) is 0 Å². The molecule has 0 aliphatic carbocycles. The summed E-state index contributed by atoms with van der Waals surface area (Å²) in [4.78, 5) is 6.16. The molecular weight excluding hydrogens is 369 g/mol. The fourth-order valence-electron chi connectivity index (χ4n) is 2.46. The maximum Gasteiger partial charge on any atom is 0.174 e. The molecule has 0 bridgehead atoms. The zero-order valence-electron chi connectivity index (χ0n) is 13.9. The number of hydrogen-bond donors (Lipinski definition) is 1. The van der Waals surface area contributed by atoms with Crippen LogP contribution in [0.3, 0.4) is 0 Å². The van der Waals surface area contributed by atoms with E-state index in [4.69, 9.17) is 23.8 Å². The second-order valence-corrected chi connectivity index (χ2v) is 6.60. The van der Waals surface area contributed by atoms with Gasteiger partial charge in [-0.05, 0) is 65.8 Å². The van der Waals surface area contributed by atoms with Crippen molar-refractivity contribution in [3.63, 3.8) is 0 Å². The summed E-state index contributed by atoms with van der Waals surface area (Å²) in [6, 6.07) is 17.7. The highest BCUT2D eigenvalue weighted by Gasteiger charge is 2.12. The largest absolute Gasteiger partial charge is 0.340 e. The van der Waals surface area contributed by atoms with Crippen LogP contribution in [0.2, 0.25) is 5.02 Å². The third kappa shape index (κ3) is 5.25. The molecule has 1 N–H and O–H groups in total. The summed E-state index contributed by atoms with van der Waals surface area (Å²) in [5.74, 6) is -0.255. The van der Waals surface area contributed by atoms with E-state index in [1.54, 1.807) is 30.5 Å². The number of aromatic nitrogens is 1. The number of rotatable bonds is 5. The number of hydrogen-bond acceptors (Lipinski definition) is 2. The van der Waals surface area contributed by atoms with Crippen LogP contribution in [0.1, 0.15) is 11.1 Å². The van der Waals surface area contributed by atoms with Gasteiger partial charge in [0.05, 0.1) is 0 Å². The van der Waals surface area contributed by atoms with Crippen LogP contribution in [0.5, 0.6) is 0 Å². The summed E-state index contributed by atoms with van der Waals surface area (Å²) in [6.07, 6.45) is 3.54. The molecule has 6 heteroatoms. The first-order valence-corrected chi connectivity index (χ1v) is 8.83. The van der Waals surface area contributed by atoms with Gasteiger partial charge in [0.1, 0.15) is 5.82 Å². The topological polar surface area (TPSA) is 28.2 Å². The molecular formula is C20H17ClFN3S. The molecule has 0 fully saturated rings. The highest BCUT2D eigenvalue weighted by molar-refractivity contribution is 7.80. The Morgan fingerprint density at radius 2 is 1.69 bits per heavy atom. The smallest absolute Gasteiger partial charge is 0.174 e. The van der Waals surface area contributed by atoms with E-state index < -0.39 is 0 Å². The quantitative estimate of drug-likeness (QED) is 0.605. The molecule has 0 amide bonds. The van der Waals surface area contributed by atoms with Gasteiger partial charge in [0, 0.05) is 36.2 Å². The van der Waals surface area contributed by atoms with Gasteiger partial charge in [-0.25, -0.2) is 4.39 Å². The molecule has 0 saturated heterocycles. The average molecular weight is 386 g/mol. The summed E-state index contributed by atoms with van der Waals surface area (Å²) < 4.78 is 13.2. The zero-order valence-corrected chi connectivity index (χ0v) is 15.5. The molecule has 3 aromatic rings. The lowest BCUT2D eigenvalue weighted by molar-refractivity contribution is 0.412. The van der Waals surface area contributed by atoms with Crippen LogP contribution in [-0.2, 0) is 13.1 Å². The third-order valence-electron chi connectivity index (χ3n) is 3.77. The Labute approximate surface area is 162 Å². The predicted molar refractivity (Wildman–Crippen MR) is 108 cm³/mol. The zero-order chi connectivity index (χ0) is 18.4. The van der Waals surface area contributed by atoms with E-state index in [9.17, 15) is 4.39 Å². The predicted octanol–water partition coefficient (Wildman–Crippen LogP) is 5.27. The van der Waals surface area contributed by atoms with Crippen LogP contribution in [0.25, 0.3) is 0 Å². The van der Waals surface area contributed by atoms with Crippen molar-refractivity contribution < 1.29 is 4.39 Å². The molecule has 0 unspecified atom stereocenters. The van der Waals surface area contributed by atoms with E-state index in [0.717, 1.165) is 16.8 Å². The van der Waals surface area contributed by atoms with E-state index in [2.05, 4.69) is 10.3 Å². The lowest BCUT2D eigenvalue weighted by atomic mass is 10.2. The minimum atomic E-state index is -0.255. The van der Waals surface area contributed by atoms with Gasteiger partial charge in [0.2, 0.25) is 0 Å². The summed E-state index contributed by atoms with van der Waals surface area (Å²) in [5, 5.41) is 4.46. The van der Waals surface area contributed by atoms with Gasteiger partial charge >= 0.3 is 0 Å². The molecule has 3 nitrogen and oxygen atoms in total. The van der Waals surface area contributed by atoms with E-state index in [1.807, 2.05) is 35.4 Å². The molecule has 132 valence electrons. The molecule has 0 atom stereocenters. The SMILES string of the molecule is Fc1ccc(CN(Cc2cccnc2)C(=S)Nc2ccc(Cl)cc2)cc1. The molecule has 0 spiro atoms. The van der Waals surface area contributed by atoms with Crippen LogP contribution in [0.15, 0.2) is 73.1 Å². The third-order valence-corrected chi connectivity index (χ3v) is 4.38. The first-order chi connectivity index (χ1) is 12.6. The Balaban J connectivity index is 1.77. The first-order valence-electron chi connectivity index (χ1n) is 8.05. The Hall–Kier alpha value is -2.50. The van der Waals surface area contributed by atoms with E-state index >= 15 is 0 Å².